The maximum Gasteiger partial charge on any atom is 0.337 e. The van der Waals surface area contributed by atoms with Gasteiger partial charge in [0.1, 0.15) is 5.03 Å². The summed E-state index contributed by atoms with van der Waals surface area (Å²) in [6.45, 7) is 0. The Kier molecular flexibility index (Phi) is 3.74. The molecule has 1 aromatic heterocycles. The number of benzene rings is 1. The predicted molar refractivity (Wildman–Crippen MR) is 71.2 cm³/mol. The fraction of sp³-hybridized carbons (Fsp3) is 0. The Balaban J connectivity index is 2.24. The van der Waals surface area contributed by atoms with Crippen molar-refractivity contribution in [2.45, 2.75) is 9.92 Å². The molecular formula is C12H9ClN2O2S. The first-order valence-corrected chi connectivity index (χ1v) is 6.18. The van der Waals surface area contributed by atoms with E-state index in [4.69, 9.17) is 22.4 Å². The van der Waals surface area contributed by atoms with E-state index in [0.29, 0.717) is 15.7 Å². The molecule has 0 saturated heterocycles. The van der Waals surface area contributed by atoms with Crippen LogP contribution in [-0.2, 0) is 0 Å². The number of nitrogens with zero attached hydrogens (tertiary/aromatic N) is 1. The van der Waals surface area contributed by atoms with Crippen LogP contribution >= 0.6 is 23.4 Å². The first kappa shape index (κ1) is 12.7. The molecule has 2 rings (SSSR count). The number of carbonyl (C=O) groups is 1. The summed E-state index contributed by atoms with van der Waals surface area (Å²) in [5, 5.41) is 10.0. The molecule has 0 saturated carbocycles. The van der Waals surface area contributed by atoms with Gasteiger partial charge in [-0.2, -0.15) is 0 Å². The van der Waals surface area contributed by atoms with E-state index in [-0.39, 0.29) is 5.56 Å². The molecule has 0 spiro atoms. The van der Waals surface area contributed by atoms with Gasteiger partial charge in [-0.15, -0.1) is 0 Å². The Morgan fingerprint density at radius 1 is 1.33 bits per heavy atom. The van der Waals surface area contributed by atoms with Crippen molar-refractivity contribution >= 4 is 35.0 Å². The van der Waals surface area contributed by atoms with Gasteiger partial charge < -0.3 is 10.8 Å². The van der Waals surface area contributed by atoms with Crippen LogP contribution in [0.3, 0.4) is 0 Å². The summed E-state index contributed by atoms with van der Waals surface area (Å²) in [5.74, 6) is -1.04. The average molecular weight is 281 g/mol. The number of nitrogen functional groups attached to an aromatic ring is 1. The fourth-order valence-electron chi connectivity index (χ4n) is 1.29. The molecule has 0 aliphatic heterocycles. The van der Waals surface area contributed by atoms with Crippen molar-refractivity contribution in [2.75, 3.05) is 5.73 Å². The van der Waals surface area contributed by atoms with E-state index < -0.39 is 5.97 Å². The van der Waals surface area contributed by atoms with Crippen LogP contribution in [0.15, 0.2) is 46.5 Å². The van der Waals surface area contributed by atoms with Gasteiger partial charge in [0.25, 0.3) is 0 Å². The lowest BCUT2D eigenvalue weighted by Gasteiger charge is -2.05. The Labute approximate surface area is 113 Å². The zero-order chi connectivity index (χ0) is 13.1. The van der Waals surface area contributed by atoms with Crippen LogP contribution in [0.25, 0.3) is 0 Å². The number of carboxylic acid groups (broad SMARTS) is 1. The van der Waals surface area contributed by atoms with E-state index in [1.807, 2.05) is 12.1 Å². The van der Waals surface area contributed by atoms with E-state index >= 15 is 0 Å². The molecule has 6 heteroatoms. The van der Waals surface area contributed by atoms with Gasteiger partial charge in [0.2, 0.25) is 0 Å². The summed E-state index contributed by atoms with van der Waals surface area (Å²) in [5.41, 5.74) is 6.18. The molecule has 92 valence electrons. The monoisotopic (exact) mass is 280 g/mol. The van der Waals surface area contributed by atoms with Gasteiger partial charge in [-0.1, -0.05) is 23.4 Å². The van der Waals surface area contributed by atoms with Crippen LogP contribution in [0.4, 0.5) is 5.69 Å². The molecule has 0 aliphatic carbocycles. The lowest BCUT2D eigenvalue weighted by Crippen LogP contribution is -2.00. The molecule has 4 nitrogen and oxygen atoms in total. The Morgan fingerprint density at radius 2 is 2.00 bits per heavy atom. The predicted octanol–water partition coefficient (Wildman–Crippen LogP) is 3.17. The van der Waals surface area contributed by atoms with Crippen molar-refractivity contribution in [1.29, 1.82) is 0 Å². The Morgan fingerprint density at radius 3 is 2.56 bits per heavy atom. The van der Waals surface area contributed by atoms with Gasteiger partial charge in [0, 0.05) is 16.1 Å². The van der Waals surface area contributed by atoms with Gasteiger partial charge in [0.05, 0.1) is 11.3 Å². The van der Waals surface area contributed by atoms with Crippen LogP contribution in [0.2, 0.25) is 5.02 Å². The van der Waals surface area contributed by atoms with Gasteiger partial charge in [-0.25, -0.2) is 9.78 Å². The first-order valence-electron chi connectivity index (χ1n) is 4.98. The van der Waals surface area contributed by atoms with Crippen molar-refractivity contribution in [3.8, 4) is 0 Å². The minimum Gasteiger partial charge on any atom is -0.478 e. The summed E-state index contributed by atoms with van der Waals surface area (Å²) in [7, 11) is 0. The molecule has 0 bridgehead atoms. The number of anilines is 1. The third-order valence-electron chi connectivity index (χ3n) is 2.15. The van der Waals surface area contributed by atoms with Crippen molar-refractivity contribution < 1.29 is 9.90 Å². The van der Waals surface area contributed by atoms with Crippen molar-refractivity contribution in [3.63, 3.8) is 0 Å². The second-order valence-corrected chi connectivity index (χ2v) is 4.98. The number of hydrogen-bond acceptors (Lipinski definition) is 4. The number of aromatic carboxylic acids is 1. The van der Waals surface area contributed by atoms with Crippen LogP contribution in [0.1, 0.15) is 10.4 Å². The van der Waals surface area contributed by atoms with E-state index in [0.717, 1.165) is 4.90 Å². The molecule has 1 heterocycles. The van der Waals surface area contributed by atoms with E-state index in [1.54, 1.807) is 12.1 Å². The third-order valence-corrected chi connectivity index (χ3v) is 3.45. The lowest BCUT2D eigenvalue weighted by molar-refractivity contribution is 0.0696. The van der Waals surface area contributed by atoms with Gasteiger partial charge in [0.15, 0.2) is 0 Å². The number of nitrogens with two attached hydrogens (primary N) is 1. The summed E-state index contributed by atoms with van der Waals surface area (Å²) >= 11 is 7.14. The van der Waals surface area contributed by atoms with Gasteiger partial charge in [-0.3, -0.25) is 0 Å². The number of carboxylic acids is 1. The van der Waals surface area contributed by atoms with Crippen LogP contribution in [0.5, 0.6) is 0 Å². The standard InChI is InChI=1S/C12H9ClN2O2S/c13-8-1-3-9(4-2-8)18-11-10(14)5-7(6-15-11)12(16)17/h1-6H,14H2,(H,16,17). The highest BCUT2D eigenvalue weighted by molar-refractivity contribution is 7.99. The minimum atomic E-state index is -1.04. The van der Waals surface area contributed by atoms with Crippen molar-refractivity contribution in [3.05, 3.63) is 47.1 Å². The SMILES string of the molecule is Nc1cc(C(=O)O)cnc1Sc1ccc(Cl)cc1. The summed E-state index contributed by atoms with van der Waals surface area (Å²) in [6.07, 6.45) is 1.29. The van der Waals surface area contributed by atoms with Gasteiger partial charge >= 0.3 is 5.97 Å². The highest BCUT2D eigenvalue weighted by atomic mass is 35.5. The average Bonchev–Trinajstić information content (AvgIpc) is 2.34. The topological polar surface area (TPSA) is 76.2 Å². The smallest absolute Gasteiger partial charge is 0.337 e. The number of rotatable bonds is 3. The molecule has 0 amide bonds. The largest absolute Gasteiger partial charge is 0.478 e. The van der Waals surface area contributed by atoms with E-state index in [2.05, 4.69) is 4.98 Å². The maximum absolute atomic E-state index is 10.7. The van der Waals surface area contributed by atoms with Crippen LogP contribution in [-0.4, -0.2) is 16.1 Å². The molecule has 0 fully saturated rings. The maximum atomic E-state index is 10.7. The quantitative estimate of drug-likeness (QED) is 0.903. The summed E-state index contributed by atoms with van der Waals surface area (Å²) in [6, 6.07) is 8.63. The van der Waals surface area contributed by atoms with Crippen LogP contribution < -0.4 is 5.73 Å². The van der Waals surface area contributed by atoms with Gasteiger partial charge in [-0.05, 0) is 30.3 Å². The molecular weight excluding hydrogens is 272 g/mol. The Hall–Kier alpha value is -1.72. The molecule has 18 heavy (non-hydrogen) atoms. The highest BCUT2D eigenvalue weighted by Crippen LogP contribution is 2.31. The number of pyridine rings is 1. The second-order valence-electron chi connectivity index (χ2n) is 3.48. The van der Waals surface area contributed by atoms with E-state index in [9.17, 15) is 4.79 Å². The molecule has 1 aromatic carbocycles. The zero-order valence-electron chi connectivity index (χ0n) is 9.13. The summed E-state index contributed by atoms with van der Waals surface area (Å²) in [4.78, 5) is 15.7. The lowest BCUT2D eigenvalue weighted by atomic mass is 10.3. The van der Waals surface area contributed by atoms with Crippen LogP contribution in [0, 0.1) is 0 Å². The molecule has 2 aromatic rings. The first-order chi connectivity index (χ1) is 8.56. The zero-order valence-corrected chi connectivity index (χ0v) is 10.7. The molecule has 0 radical (unpaired) electrons. The van der Waals surface area contributed by atoms with Crippen molar-refractivity contribution in [1.82, 2.24) is 4.98 Å². The molecule has 0 atom stereocenters. The second kappa shape index (κ2) is 5.29. The highest BCUT2D eigenvalue weighted by Gasteiger charge is 2.08. The summed E-state index contributed by atoms with van der Waals surface area (Å²) < 4.78 is 0. The molecule has 0 aliphatic rings. The number of hydrogen-bond donors (Lipinski definition) is 2. The van der Waals surface area contributed by atoms with E-state index in [1.165, 1.54) is 24.0 Å². The number of aromatic nitrogens is 1. The number of halogens is 1. The molecule has 3 N–H and O–H groups in total. The van der Waals surface area contributed by atoms with Crippen molar-refractivity contribution in [2.24, 2.45) is 0 Å². The molecule has 0 unspecified atom stereocenters. The third kappa shape index (κ3) is 2.94. The minimum absolute atomic E-state index is 0.0768. The Bertz CT molecular complexity index is 587. The normalized spacial score (nSPS) is 10.3. The fourth-order valence-corrected chi connectivity index (χ4v) is 2.19.